The Morgan fingerprint density at radius 2 is 1.89 bits per heavy atom. The van der Waals surface area contributed by atoms with Gasteiger partial charge in [-0.2, -0.15) is 0 Å². The first kappa shape index (κ1) is 23.6. The number of nitrogens with zero attached hydrogens (tertiary/aromatic N) is 2. The lowest BCUT2D eigenvalue weighted by Gasteiger charge is -2.47. The minimum Gasteiger partial charge on any atom is -0.493 e. The van der Waals surface area contributed by atoms with Crippen LogP contribution in [0.25, 0.3) is 10.9 Å². The van der Waals surface area contributed by atoms with E-state index in [1.54, 1.807) is 24.0 Å². The number of hydrogen-bond donors (Lipinski definition) is 1. The summed E-state index contributed by atoms with van der Waals surface area (Å²) < 4.78 is 11.4. The number of hydrogen-bond acceptors (Lipinski definition) is 4. The van der Waals surface area contributed by atoms with Gasteiger partial charge in [-0.1, -0.05) is 42.0 Å². The van der Waals surface area contributed by atoms with E-state index in [1.165, 1.54) is 18.4 Å². The molecule has 37 heavy (non-hydrogen) atoms. The molecular weight excluding hydrogens is 466 g/mol. The number of benzene rings is 2. The van der Waals surface area contributed by atoms with E-state index in [-0.39, 0.29) is 18.4 Å². The number of para-hydroxylation sites is 2. The predicted molar refractivity (Wildman–Crippen MR) is 142 cm³/mol. The lowest BCUT2D eigenvalue weighted by Crippen LogP contribution is -2.63. The van der Waals surface area contributed by atoms with Crippen molar-refractivity contribution < 1.29 is 19.1 Å². The van der Waals surface area contributed by atoms with Gasteiger partial charge >= 0.3 is 0 Å². The molecule has 0 saturated carbocycles. The summed E-state index contributed by atoms with van der Waals surface area (Å²) in [6.45, 7) is 0.690. The summed E-state index contributed by atoms with van der Waals surface area (Å²) in [5.74, 6) is 1.16. The van der Waals surface area contributed by atoms with Crippen LogP contribution in [0.1, 0.15) is 55.0 Å². The molecule has 2 aromatic carbocycles. The third kappa shape index (κ3) is 3.97. The molecule has 0 spiro atoms. The molecule has 2 aliphatic heterocycles. The standard InChI is InChI=1S/C30H33N3O4/c1-36-25-14-8-12-21(29(25)37-2)28-27-22(20-11-6-7-13-23(20)31-27)17-24-30(35)32(18-26(34)33(24)28)16-15-19-9-4-3-5-10-19/h6-9,11-14,24,28,31H,3-5,10,15-18H2,1-2H3. The molecule has 2 amide bonds. The SMILES string of the molecule is COc1cccc(C2c3[nH]c4ccccc4c3CC3C(=O)N(CCC4=CCCCC4)CC(=O)N32)c1OC. The highest BCUT2D eigenvalue weighted by atomic mass is 16.5. The highest BCUT2D eigenvalue weighted by Gasteiger charge is 2.49. The number of methoxy groups -OCH3 is 2. The van der Waals surface area contributed by atoms with Gasteiger partial charge in [0.15, 0.2) is 11.5 Å². The number of carbonyl (C=O) groups excluding carboxylic acids is 2. The number of ether oxygens (including phenoxy) is 2. The van der Waals surface area contributed by atoms with Gasteiger partial charge in [0.2, 0.25) is 11.8 Å². The first-order valence-corrected chi connectivity index (χ1v) is 13.2. The fourth-order valence-electron chi connectivity index (χ4n) is 6.37. The summed E-state index contributed by atoms with van der Waals surface area (Å²) in [6, 6.07) is 12.8. The fraction of sp³-hybridized carbons (Fsp3) is 0.400. The molecule has 0 bridgehead atoms. The lowest BCUT2D eigenvalue weighted by molar-refractivity contribution is -0.158. The number of aromatic nitrogens is 1. The van der Waals surface area contributed by atoms with Gasteiger partial charge in [-0.15, -0.1) is 0 Å². The fourth-order valence-corrected chi connectivity index (χ4v) is 6.37. The summed E-state index contributed by atoms with van der Waals surface area (Å²) in [5.41, 5.74) is 5.24. The monoisotopic (exact) mass is 499 g/mol. The highest BCUT2D eigenvalue weighted by molar-refractivity contribution is 5.97. The van der Waals surface area contributed by atoms with E-state index in [0.29, 0.717) is 24.5 Å². The van der Waals surface area contributed by atoms with Crippen LogP contribution in [0, 0.1) is 0 Å². The van der Waals surface area contributed by atoms with Crippen molar-refractivity contribution in [2.75, 3.05) is 27.3 Å². The van der Waals surface area contributed by atoms with Crippen molar-refractivity contribution >= 4 is 22.7 Å². The number of fused-ring (bicyclic) bond motifs is 4. The molecule has 7 nitrogen and oxygen atoms in total. The second-order valence-electron chi connectivity index (χ2n) is 10.2. The number of rotatable bonds is 6. The van der Waals surface area contributed by atoms with Gasteiger partial charge in [-0.3, -0.25) is 9.59 Å². The molecule has 3 heterocycles. The quantitative estimate of drug-likeness (QED) is 0.496. The van der Waals surface area contributed by atoms with E-state index in [4.69, 9.17) is 9.47 Å². The van der Waals surface area contributed by atoms with E-state index in [0.717, 1.165) is 47.0 Å². The third-order valence-corrected chi connectivity index (χ3v) is 8.16. The zero-order chi connectivity index (χ0) is 25.5. The van der Waals surface area contributed by atoms with Crippen molar-refractivity contribution in [2.24, 2.45) is 0 Å². The van der Waals surface area contributed by atoms with Crippen molar-refractivity contribution in [1.82, 2.24) is 14.8 Å². The molecule has 2 atom stereocenters. The normalized spacial score (nSPS) is 21.5. The van der Waals surface area contributed by atoms with Crippen molar-refractivity contribution in [3.8, 4) is 11.5 Å². The Labute approximate surface area is 217 Å². The molecule has 0 radical (unpaired) electrons. The van der Waals surface area contributed by atoms with E-state index in [1.807, 2.05) is 36.4 Å². The molecule has 3 aliphatic rings. The number of allylic oxidation sites excluding steroid dienone is 1. The van der Waals surface area contributed by atoms with Crippen LogP contribution in [0.2, 0.25) is 0 Å². The van der Waals surface area contributed by atoms with Crippen molar-refractivity contribution in [3.05, 3.63) is 70.9 Å². The Bertz CT molecular complexity index is 1390. The van der Waals surface area contributed by atoms with Crippen LogP contribution in [-0.2, 0) is 16.0 Å². The van der Waals surface area contributed by atoms with Crippen molar-refractivity contribution in [3.63, 3.8) is 0 Å². The zero-order valence-corrected chi connectivity index (χ0v) is 21.5. The number of carbonyl (C=O) groups is 2. The molecule has 1 N–H and O–H groups in total. The summed E-state index contributed by atoms with van der Waals surface area (Å²) >= 11 is 0. The number of amides is 2. The van der Waals surface area contributed by atoms with Gasteiger partial charge in [0.05, 0.1) is 20.8 Å². The molecular formula is C30H33N3O4. The van der Waals surface area contributed by atoms with E-state index >= 15 is 0 Å². The minimum absolute atomic E-state index is 0.0267. The maximum atomic E-state index is 13.9. The second kappa shape index (κ2) is 9.61. The molecule has 6 rings (SSSR count). The Balaban J connectivity index is 1.43. The van der Waals surface area contributed by atoms with Crippen LogP contribution in [0.5, 0.6) is 11.5 Å². The van der Waals surface area contributed by atoms with Gasteiger partial charge in [-0.05, 0) is 49.8 Å². The van der Waals surface area contributed by atoms with Crippen molar-refractivity contribution in [1.29, 1.82) is 0 Å². The number of piperazine rings is 1. The second-order valence-corrected chi connectivity index (χ2v) is 10.2. The van der Waals surface area contributed by atoms with E-state index in [9.17, 15) is 9.59 Å². The maximum absolute atomic E-state index is 13.9. The summed E-state index contributed by atoms with van der Waals surface area (Å²) in [6.07, 6.45) is 8.32. The number of nitrogens with one attached hydrogen (secondary N) is 1. The maximum Gasteiger partial charge on any atom is 0.246 e. The van der Waals surface area contributed by atoms with Gasteiger partial charge in [0.1, 0.15) is 12.1 Å². The summed E-state index contributed by atoms with van der Waals surface area (Å²) in [7, 11) is 3.22. The predicted octanol–water partition coefficient (Wildman–Crippen LogP) is 4.76. The number of aromatic amines is 1. The van der Waals surface area contributed by atoms with Crippen LogP contribution in [-0.4, -0.2) is 59.9 Å². The van der Waals surface area contributed by atoms with E-state index in [2.05, 4.69) is 17.1 Å². The molecule has 3 aromatic rings. The lowest BCUT2D eigenvalue weighted by atomic mass is 9.85. The zero-order valence-electron chi connectivity index (χ0n) is 21.5. The van der Waals surface area contributed by atoms with Crippen LogP contribution >= 0.6 is 0 Å². The smallest absolute Gasteiger partial charge is 0.246 e. The Hall–Kier alpha value is -3.74. The first-order valence-electron chi connectivity index (χ1n) is 13.2. The van der Waals surface area contributed by atoms with Crippen LogP contribution in [0.15, 0.2) is 54.1 Å². The average Bonchev–Trinajstić information content (AvgIpc) is 3.31. The van der Waals surface area contributed by atoms with Gasteiger partial charge in [-0.25, -0.2) is 0 Å². The Morgan fingerprint density at radius 3 is 2.68 bits per heavy atom. The van der Waals surface area contributed by atoms with Crippen LogP contribution in [0.3, 0.4) is 0 Å². The molecule has 1 saturated heterocycles. The van der Waals surface area contributed by atoms with Crippen molar-refractivity contribution in [2.45, 2.75) is 50.6 Å². The minimum atomic E-state index is -0.561. The van der Waals surface area contributed by atoms with Crippen LogP contribution in [0.4, 0.5) is 0 Å². The summed E-state index contributed by atoms with van der Waals surface area (Å²) in [5, 5.41) is 1.09. The Kier molecular flexibility index (Phi) is 6.14. The van der Waals surface area contributed by atoms with Gasteiger partial charge < -0.3 is 24.3 Å². The van der Waals surface area contributed by atoms with Gasteiger partial charge in [0.25, 0.3) is 0 Å². The average molecular weight is 500 g/mol. The molecule has 7 heteroatoms. The third-order valence-electron chi connectivity index (χ3n) is 8.16. The molecule has 1 fully saturated rings. The highest BCUT2D eigenvalue weighted by Crippen LogP contribution is 2.47. The molecule has 2 unspecified atom stereocenters. The van der Waals surface area contributed by atoms with E-state index < -0.39 is 12.1 Å². The van der Waals surface area contributed by atoms with Crippen LogP contribution < -0.4 is 9.47 Å². The molecule has 1 aliphatic carbocycles. The largest absolute Gasteiger partial charge is 0.493 e. The molecule has 192 valence electrons. The Morgan fingerprint density at radius 1 is 1.03 bits per heavy atom. The summed E-state index contributed by atoms with van der Waals surface area (Å²) in [4.78, 5) is 34.9. The number of H-pyrrole nitrogens is 1. The van der Waals surface area contributed by atoms with Gasteiger partial charge in [0, 0.05) is 35.1 Å². The molecule has 1 aromatic heterocycles. The topological polar surface area (TPSA) is 74.9 Å². The first-order chi connectivity index (χ1) is 18.1.